The van der Waals surface area contributed by atoms with Gasteiger partial charge in [0, 0.05) is 6.92 Å². The maximum absolute atomic E-state index is 8.90. The standard InChI is InChI=1S/C13H13N3O/c1-9(11-6-4-3-5-7-11)15-13-12(8-14)16-10(2)17-13/h3-7,9,15H,1-2H3/t9-/m0/s1. The molecular formula is C13H13N3O. The average Bonchev–Trinajstić information content (AvgIpc) is 2.70. The number of rotatable bonds is 3. The van der Waals surface area contributed by atoms with Crippen molar-refractivity contribution in [1.29, 1.82) is 5.26 Å². The van der Waals surface area contributed by atoms with E-state index in [0.29, 0.717) is 17.5 Å². The minimum absolute atomic E-state index is 0.0654. The van der Waals surface area contributed by atoms with Gasteiger partial charge in [0.1, 0.15) is 6.07 Å². The Balaban J connectivity index is 2.19. The van der Waals surface area contributed by atoms with Gasteiger partial charge in [-0.15, -0.1) is 0 Å². The van der Waals surface area contributed by atoms with Crippen molar-refractivity contribution in [3.8, 4) is 6.07 Å². The Morgan fingerprint density at radius 2 is 2.06 bits per heavy atom. The molecule has 1 N–H and O–H groups in total. The number of hydrogen-bond acceptors (Lipinski definition) is 4. The van der Waals surface area contributed by atoms with E-state index in [2.05, 4.69) is 10.3 Å². The lowest BCUT2D eigenvalue weighted by atomic mass is 10.1. The van der Waals surface area contributed by atoms with Crippen LogP contribution in [0.25, 0.3) is 0 Å². The van der Waals surface area contributed by atoms with Gasteiger partial charge in [0.15, 0.2) is 5.89 Å². The van der Waals surface area contributed by atoms with Crippen molar-refractivity contribution in [2.75, 3.05) is 5.32 Å². The molecule has 0 amide bonds. The highest BCUT2D eigenvalue weighted by Gasteiger charge is 2.13. The second kappa shape index (κ2) is 4.71. The zero-order chi connectivity index (χ0) is 12.3. The minimum Gasteiger partial charge on any atom is -0.424 e. The van der Waals surface area contributed by atoms with E-state index in [4.69, 9.17) is 9.68 Å². The van der Waals surface area contributed by atoms with Crippen LogP contribution >= 0.6 is 0 Å². The topological polar surface area (TPSA) is 61.9 Å². The van der Waals surface area contributed by atoms with E-state index in [1.165, 1.54) is 0 Å². The average molecular weight is 227 g/mol. The summed E-state index contributed by atoms with van der Waals surface area (Å²) in [5, 5.41) is 12.0. The highest BCUT2D eigenvalue weighted by atomic mass is 16.4. The first-order valence-corrected chi connectivity index (χ1v) is 5.39. The second-order valence-electron chi connectivity index (χ2n) is 3.80. The van der Waals surface area contributed by atoms with Crippen LogP contribution in [0.5, 0.6) is 0 Å². The first kappa shape index (κ1) is 11.2. The normalized spacial score (nSPS) is 11.8. The Labute approximate surface area is 99.9 Å². The number of hydrogen-bond donors (Lipinski definition) is 1. The number of nitriles is 1. The highest BCUT2D eigenvalue weighted by Crippen LogP contribution is 2.22. The van der Waals surface area contributed by atoms with Crippen LogP contribution in [-0.2, 0) is 0 Å². The molecule has 86 valence electrons. The lowest BCUT2D eigenvalue weighted by Gasteiger charge is -2.12. The Bertz CT molecular complexity index is 540. The summed E-state index contributed by atoms with van der Waals surface area (Å²) in [5.74, 6) is 0.922. The molecule has 1 atom stereocenters. The molecule has 1 heterocycles. The highest BCUT2D eigenvalue weighted by molar-refractivity contribution is 5.46. The molecule has 2 aromatic rings. The fourth-order valence-electron chi connectivity index (χ4n) is 1.62. The molecule has 4 heteroatoms. The van der Waals surface area contributed by atoms with Crippen molar-refractivity contribution in [3.63, 3.8) is 0 Å². The molecule has 17 heavy (non-hydrogen) atoms. The number of aryl methyl sites for hydroxylation is 1. The van der Waals surface area contributed by atoms with Crippen LogP contribution in [0, 0.1) is 18.3 Å². The maximum Gasteiger partial charge on any atom is 0.232 e. The van der Waals surface area contributed by atoms with Crippen molar-refractivity contribution >= 4 is 5.88 Å². The molecule has 0 fully saturated rings. The quantitative estimate of drug-likeness (QED) is 0.875. The van der Waals surface area contributed by atoms with Crippen molar-refractivity contribution in [3.05, 3.63) is 47.5 Å². The molecule has 0 bridgehead atoms. The van der Waals surface area contributed by atoms with Gasteiger partial charge in [-0.1, -0.05) is 30.3 Å². The molecule has 4 nitrogen and oxygen atoms in total. The van der Waals surface area contributed by atoms with Crippen molar-refractivity contribution < 1.29 is 4.42 Å². The van der Waals surface area contributed by atoms with Gasteiger partial charge in [0.25, 0.3) is 0 Å². The van der Waals surface area contributed by atoms with Crippen LogP contribution < -0.4 is 5.32 Å². The van der Waals surface area contributed by atoms with E-state index in [1.807, 2.05) is 43.3 Å². The summed E-state index contributed by atoms with van der Waals surface area (Å²) in [5.41, 5.74) is 1.43. The van der Waals surface area contributed by atoms with Crippen LogP contribution in [0.2, 0.25) is 0 Å². The van der Waals surface area contributed by atoms with E-state index in [9.17, 15) is 0 Å². The molecule has 0 spiro atoms. The van der Waals surface area contributed by atoms with Gasteiger partial charge < -0.3 is 9.73 Å². The van der Waals surface area contributed by atoms with Gasteiger partial charge >= 0.3 is 0 Å². The summed E-state index contributed by atoms with van der Waals surface area (Å²) in [4.78, 5) is 3.99. The third-order valence-electron chi connectivity index (χ3n) is 2.49. The van der Waals surface area contributed by atoms with Crippen molar-refractivity contribution in [2.45, 2.75) is 19.9 Å². The van der Waals surface area contributed by atoms with Crippen LogP contribution in [0.1, 0.15) is 30.1 Å². The largest absolute Gasteiger partial charge is 0.424 e. The first-order chi connectivity index (χ1) is 8.20. The summed E-state index contributed by atoms with van der Waals surface area (Å²) < 4.78 is 5.35. The van der Waals surface area contributed by atoms with Crippen LogP contribution in [0.3, 0.4) is 0 Å². The lowest BCUT2D eigenvalue weighted by Crippen LogP contribution is -2.06. The summed E-state index contributed by atoms with van der Waals surface area (Å²) in [6.07, 6.45) is 0. The third-order valence-corrected chi connectivity index (χ3v) is 2.49. The summed E-state index contributed by atoms with van der Waals surface area (Å²) >= 11 is 0. The molecule has 0 unspecified atom stereocenters. The van der Waals surface area contributed by atoms with Crippen molar-refractivity contribution in [2.24, 2.45) is 0 Å². The number of benzene rings is 1. The fourth-order valence-corrected chi connectivity index (χ4v) is 1.62. The molecule has 0 aliphatic carbocycles. The number of nitrogens with one attached hydrogen (secondary N) is 1. The second-order valence-corrected chi connectivity index (χ2v) is 3.80. The molecule has 0 radical (unpaired) electrons. The summed E-state index contributed by atoms with van der Waals surface area (Å²) in [7, 11) is 0. The zero-order valence-electron chi connectivity index (χ0n) is 9.77. The monoisotopic (exact) mass is 227 g/mol. The Hall–Kier alpha value is -2.28. The molecule has 1 aromatic heterocycles. The Morgan fingerprint density at radius 1 is 1.35 bits per heavy atom. The molecule has 1 aromatic carbocycles. The first-order valence-electron chi connectivity index (χ1n) is 5.39. The van der Waals surface area contributed by atoms with Gasteiger partial charge in [0.2, 0.25) is 11.6 Å². The minimum atomic E-state index is 0.0654. The van der Waals surface area contributed by atoms with Gasteiger partial charge in [-0.25, -0.2) is 4.98 Å². The van der Waals surface area contributed by atoms with Gasteiger partial charge in [-0.05, 0) is 12.5 Å². The van der Waals surface area contributed by atoms with E-state index in [0.717, 1.165) is 5.56 Å². The lowest BCUT2D eigenvalue weighted by molar-refractivity contribution is 0.527. The number of anilines is 1. The van der Waals surface area contributed by atoms with Crippen LogP contribution in [0.4, 0.5) is 5.88 Å². The smallest absolute Gasteiger partial charge is 0.232 e. The van der Waals surface area contributed by atoms with Crippen LogP contribution in [0.15, 0.2) is 34.7 Å². The number of aromatic nitrogens is 1. The van der Waals surface area contributed by atoms with E-state index in [1.54, 1.807) is 6.92 Å². The van der Waals surface area contributed by atoms with E-state index >= 15 is 0 Å². The molecule has 0 saturated heterocycles. The summed E-state index contributed by atoms with van der Waals surface area (Å²) in [6, 6.07) is 12.0. The molecule has 0 saturated carbocycles. The maximum atomic E-state index is 8.90. The number of oxazole rings is 1. The fraction of sp³-hybridized carbons (Fsp3) is 0.231. The Morgan fingerprint density at radius 3 is 2.71 bits per heavy atom. The molecular weight excluding hydrogens is 214 g/mol. The number of nitrogens with zero attached hydrogens (tertiary/aromatic N) is 2. The van der Waals surface area contributed by atoms with Gasteiger partial charge in [-0.2, -0.15) is 5.26 Å². The molecule has 0 aliphatic rings. The summed E-state index contributed by atoms with van der Waals surface area (Å²) in [6.45, 7) is 3.73. The predicted molar refractivity (Wildman–Crippen MR) is 64.4 cm³/mol. The molecule has 2 rings (SSSR count). The van der Waals surface area contributed by atoms with Gasteiger partial charge in [-0.3, -0.25) is 0 Å². The van der Waals surface area contributed by atoms with Crippen molar-refractivity contribution in [1.82, 2.24) is 4.98 Å². The third kappa shape index (κ3) is 2.45. The predicted octanol–water partition coefficient (Wildman–Crippen LogP) is 3.03. The zero-order valence-corrected chi connectivity index (χ0v) is 9.77. The SMILES string of the molecule is Cc1nc(C#N)c(N[C@@H](C)c2ccccc2)o1. The van der Waals surface area contributed by atoms with E-state index in [-0.39, 0.29) is 6.04 Å². The van der Waals surface area contributed by atoms with E-state index < -0.39 is 0 Å². The van der Waals surface area contributed by atoms with Crippen LogP contribution in [-0.4, -0.2) is 4.98 Å². The van der Waals surface area contributed by atoms with Gasteiger partial charge in [0.05, 0.1) is 6.04 Å². The molecule has 0 aliphatic heterocycles. The Kier molecular flexibility index (Phi) is 3.10.